The van der Waals surface area contributed by atoms with Gasteiger partial charge in [0.1, 0.15) is 0 Å². The number of nitrogens with zero attached hydrogens (tertiary/aromatic N) is 1. The van der Waals surface area contributed by atoms with Crippen LogP contribution in [0.5, 0.6) is 0 Å². The summed E-state index contributed by atoms with van der Waals surface area (Å²) >= 11 is 0. The number of aliphatic hydroxyl groups is 1. The second kappa shape index (κ2) is 5.24. The quantitative estimate of drug-likeness (QED) is 0.630. The highest BCUT2D eigenvalue weighted by Gasteiger charge is 2.17. The molecule has 7 heteroatoms. The predicted octanol–water partition coefficient (Wildman–Crippen LogP) is 1.06. The number of hydrogen-bond donors (Lipinski definition) is 1. The molecule has 0 saturated carbocycles. The summed E-state index contributed by atoms with van der Waals surface area (Å²) in [5.74, 6) is -0.418. The zero-order valence-electron chi connectivity index (χ0n) is 9.24. The smallest absolute Gasteiger partial charge is 0.269 e. The number of sulfone groups is 1. The van der Waals surface area contributed by atoms with E-state index in [9.17, 15) is 23.6 Å². The predicted molar refractivity (Wildman–Crippen MR) is 62.4 cm³/mol. The molecular formula is C10H13NO5S. The summed E-state index contributed by atoms with van der Waals surface area (Å²) in [6.45, 7) is 1.50. The van der Waals surface area contributed by atoms with Gasteiger partial charge in [0.15, 0.2) is 9.84 Å². The maximum absolute atomic E-state index is 11.3. The molecule has 0 aliphatic rings. The Labute approximate surface area is 99.0 Å². The molecule has 0 amide bonds. The molecule has 0 unspecified atom stereocenters. The number of rotatable bonds is 5. The van der Waals surface area contributed by atoms with Gasteiger partial charge in [0.2, 0.25) is 0 Å². The fourth-order valence-corrected chi connectivity index (χ4v) is 2.18. The second-order valence-electron chi connectivity index (χ2n) is 3.56. The summed E-state index contributed by atoms with van der Waals surface area (Å²) in [5.41, 5.74) is 0.256. The van der Waals surface area contributed by atoms with E-state index in [0.717, 1.165) is 0 Å². The molecule has 6 nitrogen and oxygen atoms in total. The zero-order valence-corrected chi connectivity index (χ0v) is 10.1. The fraction of sp³-hybridized carbons (Fsp3) is 0.400. The number of hydrogen-bond acceptors (Lipinski definition) is 5. The van der Waals surface area contributed by atoms with E-state index in [0.29, 0.717) is 5.56 Å². The first-order valence-corrected chi connectivity index (χ1v) is 6.80. The Bertz CT molecular complexity index is 494. The highest BCUT2D eigenvalue weighted by molar-refractivity contribution is 7.91. The van der Waals surface area contributed by atoms with Gasteiger partial charge in [0, 0.05) is 17.9 Å². The van der Waals surface area contributed by atoms with Crippen LogP contribution in [0.1, 0.15) is 18.6 Å². The molecule has 0 bridgehead atoms. The van der Waals surface area contributed by atoms with Crippen LogP contribution in [-0.2, 0) is 9.84 Å². The largest absolute Gasteiger partial charge is 0.387 e. The number of benzene rings is 1. The van der Waals surface area contributed by atoms with Crippen LogP contribution >= 0.6 is 0 Å². The normalized spacial score (nSPS) is 13.3. The van der Waals surface area contributed by atoms with Crippen LogP contribution in [-0.4, -0.2) is 30.0 Å². The standard InChI is InChI=1S/C10H13NO5S/c1-2-17(15,16)7-10(12)8-3-5-9(6-4-8)11(13)14/h3-6,10,12H,2,7H2,1H3/t10-/m1/s1. The van der Waals surface area contributed by atoms with Gasteiger partial charge in [0.05, 0.1) is 16.8 Å². The van der Waals surface area contributed by atoms with Crippen LogP contribution in [0.15, 0.2) is 24.3 Å². The number of aliphatic hydroxyl groups excluding tert-OH is 1. The summed E-state index contributed by atoms with van der Waals surface area (Å²) < 4.78 is 22.6. The van der Waals surface area contributed by atoms with Gasteiger partial charge in [-0.15, -0.1) is 0 Å². The Hall–Kier alpha value is -1.47. The molecule has 1 aromatic carbocycles. The first kappa shape index (κ1) is 13.6. The first-order valence-electron chi connectivity index (χ1n) is 4.98. The molecule has 1 N–H and O–H groups in total. The molecule has 0 aliphatic heterocycles. The van der Waals surface area contributed by atoms with Gasteiger partial charge in [-0.1, -0.05) is 6.92 Å². The van der Waals surface area contributed by atoms with Crippen molar-refractivity contribution in [2.75, 3.05) is 11.5 Å². The third kappa shape index (κ3) is 3.79. The molecule has 0 heterocycles. The van der Waals surface area contributed by atoms with Crippen molar-refractivity contribution in [1.82, 2.24) is 0 Å². The van der Waals surface area contributed by atoms with Crippen molar-refractivity contribution in [3.63, 3.8) is 0 Å². The van der Waals surface area contributed by atoms with Crippen LogP contribution in [0.2, 0.25) is 0 Å². The highest BCUT2D eigenvalue weighted by Crippen LogP contribution is 2.19. The van der Waals surface area contributed by atoms with Crippen molar-refractivity contribution < 1.29 is 18.4 Å². The van der Waals surface area contributed by atoms with Crippen LogP contribution in [0.25, 0.3) is 0 Å². The molecule has 1 atom stereocenters. The van der Waals surface area contributed by atoms with Crippen molar-refractivity contribution in [2.45, 2.75) is 13.0 Å². The van der Waals surface area contributed by atoms with Crippen molar-refractivity contribution in [3.8, 4) is 0 Å². The maximum atomic E-state index is 11.3. The molecule has 1 aromatic rings. The van der Waals surface area contributed by atoms with Gasteiger partial charge in [-0.05, 0) is 17.7 Å². The monoisotopic (exact) mass is 259 g/mol. The van der Waals surface area contributed by atoms with Gasteiger partial charge in [-0.25, -0.2) is 8.42 Å². The highest BCUT2D eigenvalue weighted by atomic mass is 32.2. The first-order chi connectivity index (χ1) is 7.85. The average molecular weight is 259 g/mol. The van der Waals surface area contributed by atoms with Gasteiger partial charge < -0.3 is 5.11 Å². The minimum absolute atomic E-state index is 0.0446. The molecule has 94 valence electrons. The van der Waals surface area contributed by atoms with E-state index in [2.05, 4.69) is 0 Å². The molecule has 0 saturated heterocycles. The van der Waals surface area contributed by atoms with E-state index in [-0.39, 0.29) is 17.2 Å². The Balaban J connectivity index is 2.83. The third-order valence-electron chi connectivity index (χ3n) is 2.34. The fourth-order valence-electron chi connectivity index (χ4n) is 1.27. The van der Waals surface area contributed by atoms with Crippen molar-refractivity contribution in [2.24, 2.45) is 0 Å². The van der Waals surface area contributed by atoms with E-state index in [4.69, 9.17) is 0 Å². The summed E-state index contributed by atoms with van der Waals surface area (Å²) in [6, 6.07) is 5.18. The van der Waals surface area contributed by atoms with E-state index in [1.165, 1.54) is 31.2 Å². The summed E-state index contributed by atoms with van der Waals surface area (Å²) in [5, 5.41) is 20.1. The third-order valence-corrected chi connectivity index (χ3v) is 4.04. The summed E-state index contributed by atoms with van der Waals surface area (Å²) in [4.78, 5) is 9.85. The lowest BCUT2D eigenvalue weighted by atomic mass is 10.1. The van der Waals surface area contributed by atoms with E-state index in [1.54, 1.807) is 0 Å². The molecule has 1 rings (SSSR count). The number of non-ortho nitro benzene ring substituents is 1. The Kier molecular flexibility index (Phi) is 4.19. The van der Waals surface area contributed by atoms with Crippen LogP contribution in [0.4, 0.5) is 5.69 Å². The van der Waals surface area contributed by atoms with E-state index in [1.807, 2.05) is 0 Å². The lowest BCUT2D eigenvalue weighted by molar-refractivity contribution is -0.384. The van der Waals surface area contributed by atoms with Crippen LogP contribution in [0.3, 0.4) is 0 Å². The van der Waals surface area contributed by atoms with E-state index < -0.39 is 20.9 Å². The zero-order chi connectivity index (χ0) is 13.1. The van der Waals surface area contributed by atoms with Gasteiger partial charge in [-0.2, -0.15) is 0 Å². The molecule has 0 fully saturated rings. The maximum Gasteiger partial charge on any atom is 0.269 e. The molecular weight excluding hydrogens is 246 g/mol. The Morgan fingerprint density at radius 1 is 1.35 bits per heavy atom. The van der Waals surface area contributed by atoms with Crippen LogP contribution in [0, 0.1) is 10.1 Å². The minimum atomic E-state index is -3.28. The van der Waals surface area contributed by atoms with Crippen molar-refractivity contribution >= 4 is 15.5 Å². The SMILES string of the molecule is CCS(=O)(=O)C[C@@H](O)c1ccc([N+](=O)[O-])cc1. The summed E-state index contributed by atoms with van der Waals surface area (Å²) in [6.07, 6.45) is -1.15. The average Bonchev–Trinajstić information content (AvgIpc) is 2.28. The van der Waals surface area contributed by atoms with Crippen molar-refractivity contribution in [1.29, 1.82) is 0 Å². The Morgan fingerprint density at radius 3 is 2.29 bits per heavy atom. The summed E-state index contributed by atoms with van der Waals surface area (Å²) in [7, 11) is -3.28. The topological polar surface area (TPSA) is 97.5 Å². The molecule has 0 radical (unpaired) electrons. The molecule has 0 spiro atoms. The number of nitro groups is 1. The second-order valence-corrected chi connectivity index (χ2v) is 5.96. The van der Waals surface area contributed by atoms with E-state index >= 15 is 0 Å². The van der Waals surface area contributed by atoms with Crippen molar-refractivity contribution in [3.05, 3.63) is 39.9 Å². The van der Waals surface area contributed by atoms with Crippen LogP contribution < -0.4 is 0 Å². The Morgan fingerprint density at radius 2 is 1.88 bits per heavy atom. The number of nitro benzene ring substituents is 1. The minimum Gasteiger partial charge on any atom is -0.387 e. The lowest BCUT2D eigenvalue weighted by Gasteiger charge is -2.10. The lowest BCUT2D eigenvalue weighted by Crippen LogP contribution is -2.16. The van der Waals surface area contributed by atoms with Gasteiger partial charge >= 0.3 is 0 Å². The molecule has 0 aliphatic carbocycles. The molecule has 0 aromatic heterocycles. The van der Waals surface area contributed by atoms with Gasteiger partial charge in [-0.3, -0.25) is 10.1 Å². The molecule has 17 heavy (non-hydrogen) atoms. The van der Waals surface area contributed by atoms with Gasteiger partial charge in [0.25, 0.3) is 5.69 Å².